The summed E-state index contributed by atoms with van der Waals surface area (Å²) in [5.74, 6) is -1.52. The van der Waals surface area contributed by atoms with Crippen LogP contribution in [0, 0.1) is 15.9 Å². The lowest BCUT2D eigenvalue weighted by Crippen LogP contribution is -2.12. The van der Waals surface area contributed by atoms with Gasteiger partial charge in [-0.1, -0.05) is 0 Å². The number of phenols is 1. The van der Waals surface area contributed by atoms with E-state index in [4.69, 9.17) is 5.11 Å². The first-order valence-electron chi connectivity index (χ1n) is 5.51. The van der Waals surface area contributed by atoms with Gasteiger partial charge in [0.1, 0.15) is 11.6 Å². The first-order valence-corrected chi connectivity index (χ1v) is 5.51. The maximum absolute atomic E-state index is 13.2. The van der Waals surface area contributed by atoms with Crippen LogP contribution >= 0.6 is 0 Å². The lowest BCUT2D eigenvalue weighted by molar-refractivity contribution is -0.385. The molecule has 6 nitrogen and oxygen atoms in total. The van der Waals surface area contributed by atoms with E-state index in [-0.39, 0.29) is 11.3 Å². The van der Waals surface area contributed by atoms with Crippen molar-refractivity contribution in [3.63, 3.8) is 0 Å². The number of non-ortho nitro benzene ring substituents is 1. The summed E-state index contributed by atoms with van der Waals surface area (Å²) >= 11 is 0. The van der Waals surface area contributed by atoms with E-state index >= 15 is 0 Å². The molecule has 102 valence electrons. The first kappa shape index (κ1) is 13.5. The van der Waals surface area contributed by atoms with Crippen molar-refractivity contribution in [3.05, 3.63) is 64.0 Å². The van der Waals surface area contributed by atoms with E-state index in [0.29, 0.717) is 5.69 Å². The van der Waals surface area contributed by atoms with E-state index in [1.807, 2.05) is 0 Å². The van der Waals surface area contributed by atoms with E-state index in [9.17, 15) is 19.3 Å². The summed E-state index contributed by atoms with van der Waals surface area (Å²) in [4.78, 5) is 21.7. The number of benzene rings is 2. The quantitative estimate of drug-likeness (QED) is 0.512. The fourth-order valence-electron chi connectivity index (χ4n) is 1.56. The number of carbonyl (C=O) groups is 1. The second-order valence-corrected chi connectivity index (χ2v) is 3.96. The van der Waals surface area contributed by atoms with Gasteiger partial charge in [-0.05, 0) is 30.3 Å². The molecule has 0 aliphatic rings. The van der Waals surface area contributed by atoms with Crippen LogP contribution in [0.5, 0.6) is 5.75 Å². The molecule has 2 rings (SSSR count). The summed E-state index contributed by atoms with van der Waals surface area (Å²) in [5, 5.41) is 22.1. The molecule has 0 unspecified atom stereocenters. The summed E-state index contributed by atoms with van der Waals surface area (Å²) in [5.41, 5.74) is -0.287. The molecule has 0 atom stereocenters. The van der Waals surface area contributed by atoms with Crippen molar-refractivity contribution in [2.45, 2.75) is 0 Å². The molecular weight excluding hydrogens is 267 g/mol. The smallest absolute Gasteiger partial charge is 0.273 e. The molecule has 0 saturated heterocycles. The Balaban J connectivity index is 2.25. The zero-order valence-corrected chi connectivity index (χ0v) is 10.0. The van der Waals surface area contributed by atoms with Crippen LogP contribution in [-0.2, 0) is 0 Å². The third-order valence-corrected chi connectivity index (χ3v) is 2.48. The number of phenolic OH excluding ortho intramolecular Hbond substituents is 1. The number of nitro benzene ring substituents is 1. The average Bonchev–Trinajstić information content (AvgIpc) is 2.40. The number of nitrogens with one attached hydrogen (secondary N) is 1. The molecule has 0 spiro atoms. The number of amides is 1. The molecule has 1 amide bonds. The highest BCUT2D eigenvalue weighted by atomic mass is 19.1. The highest BCUT2D eigenvalue weighted by molar-refractivity contribution is 6.04. The number of hydrogen-bond acceptors (Lipinski definition) is 4. The highest BCUT2D eigenvalue weighted by Crippen LogP contribution is 2.19. The minimum Gasteiger partial charge on any atom is -0.508 e. The summed E-state index contributed by atoms with van der Waals surface area (Å²) in [6, 6.07) is 8.24. The lowest BCUT2D eigenvalue weighted by Gasteiger charge is -2.05. The number of rotatable bonds is 3. The first-order chi connectivity index (χ1) is 9.45. The Labute approximate surface area is 112 Å². The Morgan fingerprint density at radius 2 is 1.85 bits per heavy atom. The molecule has 0 aromatic heterocycles. The molecule has 0 bridgehead atoms. The van der Waals surface area contributed by atoms with Crippen LogP contribution < -0.4 is 5.32 Å². The molecule has 7 heteroatoms. The van der Waals surface area contributed by atoms with Gasteiger partial charge in [-0.2, -0.15) is 0 Å². The van der Waals surface area contributed by atoms with Gasteiger partial charge < -0.3 is 10.4 Å². The average molecular weight is 276 g/mol. The summed E-state index contributed by atoms with van der Waals surface area (Å²) < 4.78 is 13.2. The Morgan fingerprint density at radius 1 is 1.20 bits per heavy atom. The number of hydrogen-bond donors (Lipinski definition) is 2. The fraction of sp³-hybridized carbons (Fsp3) is 0. The van der Waals surface area contributed by atoms with Gasteiger partial charge in [0.25, 0.3) is 11.6 Å². The molecular formula is C13H9FN2O4. The standard InChI is InChI=1S/C13H9FN2O4/c14-9-5-8(6-11(7-9)16(19)20)13(18)15-10-1-3-12(17)4-2-10/h1-7,17H,(H,15,18). The predicted molar refractivity (Wildman–Crippen MR) is 69.1 cm³/mol. The van der Waals surface area contributed by atoms with Crippen LogP contribution in [0.1, 0.15) is 10.4 Å². The van der Waals surface area contributed by atoms with Gasteiger partial charge in [0.15, 0.2) is 0 Å². The molecule has 2 aromatic carbocycles. The maximum atomic E-state index is 13.2. The third-order valence-electron chi connectivity index (χ3n) is 2.48. The van der Waals surface area contributed by atoms with Gasteiger partial charge in [-0.3, -0.25) is 14.9 Å². The van der Waals surface area contributed by atoms with Crippen LogP contribution in [0.2, 0.25) is 0 Å². The minimum absolute atomic E-state index is 0.0318. The van der Waals surface area contributed by atoms with Crippen molar-refractivity contribution in [1.29, 1.82) is 0 Å². The third kappa shape index (κ3) is 3.08. The molecule has 0 aliphatic heterocycles. The normalized spacial score (nSPS) is 10.1. The topological polar surface area (TPSA) is 92.5 Å². The van der Waals surface area contributed by atoms with E-state index in [1.165, 1.54) is 24.3 Å². The van der Waals surface area contributed by atoms with Crippen LogP contribution in [0.4, 0.5) is 15.8 Å². The van der Waals surface area contributed by atoms with Gasteiger partial charge in [0, 0.05) is 17.3 Å². The van der Waals surface area contributed by atoms with E-state index in [0.717, 1.165) is 18.2 Å². The van der Waals surface area contributed by atoms with Crippen molar-refractivity contribution < 1.29 is 19.2 Å². The summed E-state index contributed by atoms with van der Waals surface area (Å²) in [7, 11) is 0. The lowest BCUT2D eigenvalue weighted by atomic mass is 10.1. The van der Waals surface area contributed by atoms with E-state index in [2.05, 4.69) is 5.32 Å². The summed E-state index contributed by atoms with van der Waals surface area (Å²) in [6.07, 6.45) is 0. The second-order valence-electron chi connectivity index (χ2n) is 3.96. The number of halogens is 1. The van der Waals surface area contributed by atoms with Crippen LogP contribution in [0.15, 0.2) is 42.5 Å². The van der Waals surface area contributed by atoms with Crippen LogP contribution in [0.3, 0.4) is 0 Å². The Kier molecular flexibility index (Phi) is 3.60. The fourth-order valence-corrected chi connectivity index (χ4v) is 1.56. The second kappa shape index (κ2) is 5.35. The SMILES string of the molecule is O=C(Nc1ccc(O)cc1)c1cc(F)cc([N+](=O)[O-])c1. The van der Waals surface area contributed by atoms with Crippen molar-refractivity contribution in [2.24, 2.45) is 0 Å². The molecule has 20 heavy (non-hydrogen) atoms. The predicted octanol–water partition coefficient (Wildman–Crippen LogP) is 2.69. The Bertz CT molecular complexity index is 671. The zero-order chi connectivity index (χ0) is 14.7. The Hall–Kier alpha value is -2.96. The van der Waals surface area contributed by atoms with E-state index in [1.54, 1.807) is 0 Å². The molecule has 0 radical (unpaired) electrons. The van der Waals surface area contributed by atoms with Crippen molar-refractivity contribution in [2.75, 3.05) is 5.32 Å². The number of nitrogens with zero attached hydrogens (tertiary/aromatic N) is 1. The van der Waals surface area contributed by atoms with Gasteiger partial charge in [0.05, 0.1) is 11.0 Å². The monoisotopic (exact) mass is 276 g/mol. The van der Waals surface area contributed by atoms with Crippen LogP contribution in [-0.4, -0.2) is 15.9 Å². The number of anilines is 1. The van der Waals surface area contributed by atoms with Gasteiger partial charge in [0.2, 0.25) is 0 Å². The largest absolute Gasteiger partial charge is 0.508 e. The molecule has 0 aliphatic carbocycles. The number of carbonyl (C=O) groups excluding carboxylic acids is 1. The minimum atomic E-state index is -0.866. The maximum Gasteiger partial charge on any atom is 0.273 e. The van der Waals surface area contributed by atoms with Gasteiger partial charge >= 0.3 is 0 Å². The van der Waals surface area contributed by atoms with E-state index < -0.39 is 22.3 Å². The summed E-state index contributed by atoms with van der Waals surface area (Å²) in [6.45, 7) is 0. The number of nitro groups is 1. The van der Waals surface area contributed by atoms with Crippen molar-refractivity contribution >= 4 is 17.3 Å². The van der Waals surface area contributed by atoms with Gasteiger partial charge in [-0.25, -0.2) is 4.39 Å². The highest BCUT2D eigenvalue weighted by Gasteiger charge is 2.14. The molecule has 0 saturated carbocycles. The van der Waals surface area contributed by atoms with Crippen LogP contribution in [0.25, 0.3) is 0 Å². The molecule has 2 aromatic rings. The molecule has 2 N–H and O–H groups in total. The zero-order valence-electron chi connectivity index (χ0n) is 10.0. The van der Waals surface area contributed by atoms with Crippen molar-refractivity contribution in [1.82, 2.24) is 0 Å². The molecule has 0 heterocycles. The molecule has 0 fully saturated rings. The number of aromatic hydroxyl groups is 1. The van der Waals surface area contributed by atoms with Gasteiger partial charge in [-0.15, -0.1) is 0 Å². The Morgan fingerprint density at radius 3 is 2.45 bits per heavy atom. The van der Waals surface area contributed by atoms with Crippen molar-refractivity contribution in [3.8, 4) is 5.75 Å².